The first-order chi connectivity index (χ1) is 20.8. The minimum Gasteiger partial charge on any atom is -0.545 e. The fraction of sp³-hybridized carbons (Fsp3) is 0.500. The molecule has 0 N–H and O–H groups in total. The molecule has 3 aliphatic heterocycles. The highest BCUT2D eigenvalue weighted by Crippen LogP contribution is 2.54. The summed E-state index contributed by atoms with van der Waals surface area (Å²) < 4.78 is 52.5. The minimum absolute atomic E-state index is 0.0603. The molecule has 0 spiro atoms. The minimum atomic E-state index is -3.16. The van der Waals surface area contributed by atoms with E-state index >= 15 is 4.39 Å². The van der Waals surface area contributed by atoms with Gasteiger partial charge < -0.3 is 29.1 Å². The normalized spacial score (nSPS) is 25.4. The molecule has 4 atom stereocenters. The zero-order valence-corrected chi connectivity index (χ0v) is 25.3. The van der Waals surface area contributed by atoms with Crippen LogP contribution in [0.1, 0.15) is 81.3 Å². The number of fused-ring (bicyclic) bond motifs is 2. The predicted molar refractivity (Wildman–Crippen MR) is 152 cm³/mol. The number of carboxylic acid groups (broad SMARTS) is 1. The number of carbonyl (C=O) groups excluding carboxylic acids is 2. The maximum absolute atomic E-state index is 15.5. The maximum atomic E-state index is 15.5. The number of halogens is 4. The molecular weight excluding hydrogens is 601 g/mol. The summed E-state index contributed by atoms with van der Waals surface area (Å²) in [6.45, 7) is 2.06. The third-order valence-corrected chi connectivity index (χ3v) is 8.93. The summed E-state index contributed by atoms with van der Waals surface area (Å²) in [4.78, 5) is 33.4. The van der Waals surface area contributed by atoms with Crippen LogP contribution in [0.2, 0.25) is 5.02 Å². The SMILES string of the molecule is CC(C)(C)OC(=O)c1ccc(N2[C@@H]3CC[C@H]2CC(N2OC(C4CC4)=C(C(=O)[O-])[C@@H]2c2c(Cl)cccc2OC(F)F)C3)c(F)c1. The molecule has 0 radical (unpaired) electrons. The van der Waals surface area contributed by atoms with E-state index in [1.807, 2.05) is 4.90 Å². The lowest BCUT2D eigenvalue weighted by Crippen LogP contribution is -2.51. The molecule has 3 fully saturated rings. The van der Waals surface area contributed by atoms with E-state index in [0.717, 1.165) is 25.7 Å². The Hall–Kier alpha value is -3.44. The number of aliphatic carboxylic acids is 1. The van der Waals surface area contributed by atoms with Gasteiger partial charge in [-0.05, 0) is 89.6 Å². The molecule has 0 aromatic heterocycles. The molecule has 6 rings (SSSR count). The number of ether oxygens (including phenoxy) is 2. The Morgan fingerprint density at radius 2 is 1.73 bits per heavy atom. The second-order valence-corrected chi connectivity index (χ2v) is 13.2. The van der Waals surface area contributed by atoms with Crippen molar-refractivity contribution in [1.29, 1.82) is 0 Å². The second kappa shape index (κ2) is 11.5. The number of esters is 1. The zero-order valence-electron chi connectivity index (χ0n) is 24.5. The Kier molecular flexibility index (Phi) is 7.98. The number of hydrogen-bond acceptors (Lipinski definition) is 8. The highest BCUT2D eigenvalue weighted by Gasteiger charge is 2.51. The number of anilines is 1. The monoisotopic (exact) mass is 633 g/mol. The molecule has 1 unspecified atom stereocenters. The summed E-state index contributed by atoms with van der Waals surface area (Å²) in [7, 11) is 0. The van der Waals surface area contributed by atoms with Crippen molar-refractivity contribution in [2.75, 3.05) is 4.90 Å². The van der Waals surface area contributed by atoms with Crippen LogP contribution < -0.4 is 14.7 Å². The second-order valence-electron chi connectivity index (χ2n) is 12.8. The first-order valence-electron chi connectivity index (χ1n) is 14.8. The fourth-order valence-corrected chi connectivity index (χ4v) is 7.07. The van der Waals surface area contributed by atoms with Crippen molar-refractivity contribution in [3.8, 4) is 5.75 Å². The average molecular weight is 634 g/mol. The highest BCUT2D eigenvalue weighted by atomic mass is 35.5. The number of hydroxylamine groups is 2. The van der Waals surface area contributed by atoms with Crippen molar-refractivity contribution < 1.29 is 42.2 Å². The average Bonchev–Trinajstić information content (AvgIpc) is 3.65. The van der Waals surface area contributed by atoms with Crippen LogP contribution in [0.15, 0.2) is 47.7 Å². The van der Waals surface area contributed by atoms with Crippen molar-refractivity contribution in [3.05, 3.63) is 69.7 Å². The van der Waals surface area contributed by atoms with Crippen molar-refractivity contribution in [3.63, 3.8) is 0 Å². The van der Waals surface area contributed by atoms with E-state index in [1.165, 1.54) is 24.3 Å². The molecular formula is C32H33ClF3N2O6-. The quantitative estimate of drug-likeness (QED) is 0.330. The number of hydrogen-bond donors (Lipinski definition) is 0. The van der Waals surface area contributed by atoms with Gasteiger partial charge in [-0.25, -0.2) is 9.18 Å². The number of benzene rings is 2. The van der Waals surface area contributed by atoms with E-state index in [9.17, 15) is 23.5 Å². The van der Waals surface area contributed by atoms with Crippen LogP contribution >= 0.6 is 11.6 Å². The van der Waals surface area contributed by atoms with Gasteiger partial charge in [0, 0.05) is 34.2 Å². The van der Waals surface area contributed by atoms with Gasteiger partial charge in [0.2, 0.25) is 0 Å². The molecule has 236 valence electrons. The summed E-state index contributed by atoms with van der Waals surface area (Å²) in [6.07, 6.45) is 3.95. The predicted octanol–water partition coefficient (Wildman–Crippen LogP) is 5.94. The van der Waals surface area contributed by atoms with Gasteiger partial charge in [-0.1, -0.05) is 17.7 Å². The highest BCUT2D eigenvalue weighted by molar-refractivity contribution is 6.31. The molecule has 1 aliphatic carbocycles. The van der Waals surface area contributed by atoms with Gasteiger partial charge in [0.25, 0.3) is 0 Å². The lowest BCUT2D eigenvalue weighted by atomic mass is 9.91. The van der Waals surface area contributed by atoms with E-state index in [1.54, 1.807) is 38.0 Å². The molecule has 0 amide bonds. The van der Waals surface area contributed by atoms with Crippen molar-refractivity contribution in [1.82, 2.24) is 5.06 Å². The van der Waals surface area contributed by atoms with Crippen molar-refractivity contribution in [2.24, 2.45) is 5.92 Å². The Morgan fingerprint density at radius 3 is 2.30 bits per heavy atom. The van der Waals surface area contributed by atoms with Gasteiger partial charge >= 0.3 is 12.6 Å². The lowest BCUT2D eigenvalue weighted by molar-refractivity contribution is -0.300. The van der Waals surface area contributed by atoms with Crippen molar-refractivity contribution >= 4 is 29.2 Å². The van der Waals surface area contributed by atoms with Gasteiger partial charge in [0.05, 0.1) is 23.3 Å². The summed E-state index contributed by atoms with van der Waals surface area (Å²) in [5, 5.41) is 14.2. The van der Waals surface area contributed by atoms with Crippen LogP contribution in [0, 0.1) is 11.7 Å². The number of piperidine rings is 1. The number of rotatable bonds is 8. The van der Waals surface area contributed by atoms with Crippen LogP contribution in [0.5, 0.6) is 5.75 Å². The molecule has 12 heteroatoms. The summed E-state index contributed by atoms with van der Waals surface area (Å²) in [6, 6.07) is 6.87. The third kappa shape index (κ3) is 5.83. The zero-order chi connectivity index (χ0) is 31.5. The lowest BCUT2D eigenvalue weighted by Gasteiger charge is -2.44. The van der Waals surface area contributed by atoms with Crippen molar-refractivity contribution in [2.45, 2.75) is 95.7 Å². The standard InChI is InChI=1S/C32H34ClF3N2O6/c1-32(2,3)43-30(41)17-9-12-23(22(34)13-17)37-18-10-11-19(37)15-20(14-18)38-27(26(29(39)40)28(44-38)16-7-8-16)25-21(33)5-4-6-24(25)42-31(35)36/h4-6,9,12-13,16,18-20,27,31H,7-8,10-11,14-15H2,1-3H3,(H,39,40)/p-1/t18-,19+,20?,27-/m0/s1. The van der Waals surface area contributed by atoms with Gasteiger partial charge in [-0.15, -0.1) is 5.06 Å². The Bertz CT molecular complexity index is 1490. The molecule has 44 heavy (non-hydrogen) atoms. The number of nitrogens with zero attached hydrogens (tertiary/aromatic N) is 2. The molecule has 3 heterocycles. The molecule has 2 saturated heterocycles. The van der Waals surface area contributed by atoms with E-state index in [-0.39, 0.29) is 57.3 Å². The third-order valence-electron chi connectivity index (χ3n) is 8.60. The summed E-state index contributed by atoms with van der Waals surface area (Å²) >= 11 is 6.54. The molecule has 2 bridgehead atoms. The van der Waals surface area contributed by atoms with Gasteiger partial charge in [-0.3, -0.25) is 0 Å². The van der Waals surface area contributed by atoms with Gasteiger partial charge in [0.15, 0.2) is 0 Å². The van der Waals surface area contributed by atoms with E-state index < -0.39 is 36.0 Å². The van der Waals surface area contributed by atoms with Crippen LogP contribution in [0.4, 0.5) is 18.9 Å². The summed E-state index contributed by atoms with van der Waals surface area (Å²) in [5.41, 5.74) is -0.301. The fourth-order valence-electron chi connectivity index (χ4n) is 6.80. The molecule has 2 aromatic carbocycles. The first-order valence-corrected chi connectivity index (χ1v) is 15.2. The van der Waals surface area contributed by atoms with Crippen LogP contribution in [0.3, 0.4) is 0 Å². The van der Waals surface area contributed by atoms with Gasteiger partial charge in [0.1, 0.15) is 29.0 Å². The first kappa shape index (κ1) is 30.6. The number of carbonyl (C=O) groups is 2. The Morgan fingerprint density at radius 1 is 1.05 bits per heavy atom. The van der Waals surface area contributed by atoms with E-state index in [0.29, 0.717) is 18.5 Å². The van der Waals surface area contributed by atoms with Crippen LogP contribution in [0.25, 0.3) is 0 Å². The Labute approximate surface area is 258 Å². The number of alkyl halides is 2. The number of allylic oxidation sites excluding steroid dienone is 1. The summed E-state index contributed by atoms with van der Waals surface area (Å²) in [5.74, 6) is -2.72. The molecule has 1 saturated carbocycles. The molecule has 8 nitrogen and oxygen atoms in total. The van der Waals surface area contributed by atoms with Crippen LogP contribution in [-0.4, -0.2) is 47.3 Å². The van der Waals surface area contributed by atoms with E-state index in [2.05, 4.69) is 0 Å². The van der Waals surface area contributed by atoms with Crippen LogP contribution in [-0.2, 0) is 14.4 Å². The number of carboxylic acids is 1. The molecule has 2 aromatic rings. The maximum Gasteiger partial charge on any atom is 0.387 e. The topological polar surface area (TPSA) is 91.4 Å². The van der Waals surface area contributed by atoms with E-state index in [4.69, 9.17) is 25.9 Å². The smallest absolute Gasteiger partial charge is 0.387 e. The Balaban J connectivity index is 1.30. The van der Waals surface area contributed by atoms with Gasteiger partial charge in [-0.2, -0.15) is 8.78 Å². The molecule has 4 aliphatic rings. The largest absolute Gasteiger partial charge is 0.545 e.